The van der Waals surface area contributed by atoms with Crippen LogP contribution in [-0.2, 0) is 16.1 Å². The van der Waals surface area contributed by atoms with Crippen LogP contribution in [0.2, 0.25) is 0 Å². The molecule has 1 aromatic carbocycles. The van der Waals surface area contributed by atoms with Crippen molar-refractivity contribution in [2.75, 3.05) is 5.32 Å². The lowest BCUT2D eigenvalue weighted by Gasteiger charge is -2.05. The van der Waals surface area contributed by atoms with E-state index in [9.17, 15) is 14.0 Å². The number of anilines is 1. The van der Waals surface area contributed by atoms with E-state index < -0.39 is 5.97 Å². The Hall–Kier alpha value is -3.07. The molecule has 7 nitrogen and oxygen atoms in total. The number of esters is 1. The topological polar surface area (TPSA) is 94.3 Å². The van der Waals surface area contributed by atoms with Crippen LogP contribution in [0.5, 0.6) is 0 Å². The van der Waals surface area contributed by atoms with Crippen molar-refractivity contribution in [3.05, 3.63) is 52.0 Å². The molecule has 0 unspecified atom stereocenters. The fourth-order valence-electron chi connectivity index (χ4n) is 2.35. The fraction of sp³-hybridized carbons (Fsp3) is 0.222. The number of rotatable bonds is 5. The summed E-state index contributed by atoms with van der Waals surface area (Å²) in [5.41, 5.74) is 1.63. The average molecular weight is 389 g/mol. The van der Waals surface area contributed by atoms with Crippen LogP contribution < -0.4 is 5.32 Å². The maximum absolute atomic E-state index is 13.0. The predicted octanol–water partition coefficient (Wildman–Crippen LogP) is 3.87. The molecule has 3 rings (SSSR count). The summed E-state index contributed by atoms with van der Waals surface area (Å²) in [5.74, 6) is -0.864. The van der Waals surface area contributed by atoms with Crippen LogP contribution in [0.15, 0.2) is 28.8 Å². The van der Waals surface area contributed by atoms with Gasteiger partial charge in [0.1, 0.15) is 10.8 Å². The van der Waals surface area contributed by atoms with Crippen LogP contribution in [0.3, 0.4) is 0 Å². The Morgan fingerprint density at radius 3 is 2.63 bits per heavy atom. The van der Waals surface area contributed by atoms with Gasteiger partial charge in [0.2, 0.25) is 11.7 Å². The smallest absolute Gasteiger partial charge is 0.341 e. The maximum Gasteiger partial charge on any atom is 0.341 e. The molecule has 1 amide bonds. The van der Waals surface area contributed by atoms with E-state index in [1.165, 1.54) is 42.5 Å². The van der Waals surface area contributed by atoms with Crippen molar-refractivity contribution < 1.29 is 23.2 Å². The molecule has 0 aliphatic heterocycles. The van der Waals surface area contributed by atoms with Gasteiger partial charge in [0.25, 0.3) is 5.89 Å². The maximum atomic E-state index is 13.0. The second-order valence-electron chi connectivity index (χ2n) is 5.76. The van der Waals surface area contributed by atoms with Crippen LogP contribution in [-0.4, -0.2) is 22.0 Å². The molecule has 27 heavy (non-hydrogen) atoms. The molecule has 1 N–H and O–H groups in total. The SMILES string of the molecule is CC(=O)Nc1sc(C)c(C)c1C(=O)OCc1nc(-c2ccc(F)cc2)no1. The van der Waals surface area contributed by atoms with Crippen LogP contribution >= 0.6 is 11.3 Å². The molecule has 0 fully saturated rings. The van der Waals surface area contributed by atoms with E-state index in [-0.39, 0.29) is 30.0 Å². The lowest BCUT2D eigenvalue weighted by atomic mass is 10.1. The molecule has 0 saturated heterocycles. The highest BCUT2D eigenvalue weighted by Gasteiger charge is 2.22. The number of aryl methyl sites for hydroxylation is 1. The fourth-order valence-corrected chi connectivity index (χ4v) is 3.44. The number of nitrogens with one attached hydrogen (secondary N) is 1. The van der Waals surface area contributed by atoms with Crippen LogP contribution in [0.25, 0.3) is 11.4 Å². The van der Waals surface area contributed by atoms with Gasteiger partial charge in [0, 0.05) is 17.4 Å². The van der Waals surface area contributed by atoms with E-state index in [4.69, 9.17) is 9.26 Å². The molecule has 140 valence electrons. The molecule has 0 saturated carbocycles. The molecule has 2 heterocycles. The summed E-state index contributed by atoms with van der Waals surface area (Å²) in [6.07, 6.45) is 0. The molecular formula is C18H16FN3O4S. The zero-order chi connectivity index (χ0) is 19.6. The molecule has 0 aliphatic rings. The average Bonchev–Trinajstić information content (AvgIpc) is 3.18. The summed E-state index contributed by atoms with van der Waals surface area (Å²) in [6, 6.07) is 5.62. The third-order valence-corrected chi connectivity index (χ3v) is 4.90. The van der Waals surface area contributed by atoms with Gasteiger partial charge in [-0.2, -0.15) is 4.98 Å². The summed E-state index contributed by atoms with van der Waals surface area (Å²) in [7, 11) is 0. The summed E-state index contributed by atoms with van der Waals surface area (Å²) >= 11 is 1.31. The van der Waals surface area contributed by atoms with Gasteiger partial charge in [0.05, 0.1) is 5.56 Å². The van der Waals surface area contributed by atoms with Crippen molar-refractivity contribution in [3.8, 4) is 11.4 Å². The number of hydrogen-bond acceptors (Lipinski definition) is 7. The minimum atomic E-state index is -0.595. The number of thiophene rings is 1. The van der Waals surface area contributed by atoms with Gasteiger partial charge in [-0.15, -0.1) is 11.3 Å². The normalized spacial score (nSPS) is 10.7. The zero-order valence-corrected chi connectivity index (χ0v) is 15.6. The zero-order valence-electron chi connectivity index (χ0n) is 14.8. The summed E-state index contributed by atoms with van der Waals surface area (Å²) in [5, 5.41) is 6.88. The quantitative estimate of drug-likeness (QED) is 0.666. The molecule has 0 bridgehead atoms. The third kappa shape index (κ3) is 4.20. The summed E-state index contributed by atoms with van der Waals surface area (Å²) < 4.78 is 23.3. The molecule has 2 aromatic heterocycles. The van der Waals surface area contributed by atoms with Gasteiger partial charge < -0.3 is 14.6 Å². The van der Waals surface area contributed by atoms with E-state index in [0.29, 0.717) is 16.1 Å². The number of benzene rings is 1. The number of amides is 1. The molecule has 0 spiro atoms. The third-order valence-electron chi connectivity index (χ3n) is 3.78. The van der Waals surface area contributed by atoms with Gasteiger partial charge in [-0.3, -0.25) is 4.79 Å². The van der Waals surface area contributed by atoms with Crippen molar-refractivity contribution in [2.24, 2.45) is 0 Å². The Bertz CT molecular complexity index is 995. The first-order valence-electron chi connectivity index (χ1n) is 7.98. The molecular weight excluding hydrogens is 373 g/mol. The van der Waals surface area contributed by atoms with Crippen molar-refractivity contribution in [2.45, 2.75) is 27.4 Å². The van der Waals surface area contributed by atoms with E-state index in [0.717, 1.165) is 10.4 Å². The first-order chi connectivity index (χ1) is 12.8. The van der Waals surface area contributed by atoms with Gasteiger partial charge in [-0.25, -0.2) is 9.18 Å². The highest BCUT2D eigenvalue weighted by atomic mass is 32.1. The second-order valence-corrected chi connectivity index (χ2v) is 6.99. The number of carbonyl (C=O) groups is 2. The number of nitrogens with zero attached hydrogens (tertiary/aromatic N) is 2. The number of hydrogen-bond donors (Lipinski definition) is 1. The lowest BCUT2D eigenvalue weighted by molar-refractivity contribution is -0.114. The van der Waals surface area contributed by atoms with Gasteiger partial charge in [0.15, 0.2) is 6.61 Å². The van der Waals surface area contributed by atoms with Crippen LogP contribution in [0.1, 0.15) is 33.6 Å². The van der Waals surface area contributed by atoms with Gasteiger partial charge in [-0.05, 0) is 43.7 Å². The Balaban J connectivity index is 1.71. The van der Waals surface area contributed by atoms with Gasteiger partial charge >= 0.3 is 5.97 Å². The van der Waals surface area contributed by atoms with Crippen molar-refractivity contribution in [1.29, 1.82) is 0 Å². The summed E-state index contributed by atoms with van der Waals surface area (Å²) in [6.45, 7) is 4.79. The van der Waals surface area contributed by atoms with Crippen molar-refractivity contribution >= 4 is 28.2 Å². The number of halogens is 1. The highest BCUT2D eigenvalue weighted by Crippen LogP contribution is 2.33. The monoisotopic (exact) mass is 389 g/mol. The Morgan fingerprint density at radius 1 is 1.26 bits per heavy atom. The minimum absolute atomic E-state index is 0.105. The van der Waals surface area contributed by atoms with Crippen LogP contribution in [0.4, 0.5) is 9.39 Å². The first-order valence-corrected chi connectivity index (χ1v) is 8.80. The standard InChI is InChI=1S/C18H16FN3O4S/c1-9-10(2)27-17(20-11(3)23)15(9)18(24)25-8-14-21-16(22-26-14)12-4-6-13(19)7-5-12/h4-7H,8H2,1-3H3,(H,20,23). The highest BCUT2D eigenvalue weighted by molar-refractivity contribution is 7.16. The van der Waals surface area contributed by atoms with E-state index in [1.54, 1.807) is 6.92 Å². The molecule has 3 aromatic rings. The minimum Gasteiger partial charge on any atom is -0.452 e. The van der Waals surface area contributed by atoms with E-state index in [2.05, 4.69) is 15.5 Å². The van der Waals surface area contributed by atoms with E-state index >= 15 is 0 Å². The number of carbonyl (C=O) groups excluding carboxylic acids is 2. The number of ether oxygens (including phenoxy) is 1. The molecule has 0 atom stereocenters. The second kappa shape index (κ2) is 7.67. The Labute approximate surface area is 158 Å². The summed E-state index contributed by atoms with van der Waals surface area (Å²) in [4.78, 5) is 28.8. The van der Waals surface area contributed by atoms with Gasteiger partial charge in [-0.1, -0.05) is 5.16 Å². The first kappa shape index (κ1) is 18.7. The Morgan fingerprint density at radius 2 is 1.96 bits per heavy atom. The molecule has 0 radical (unpaired) electrons. The lowest BCUT2D eigenvalue weighted by Crippen LogP contribution is -2.12. The Kier molecular flexibility index (Phi) is 5.31. The number of aromatic nitrogens is 2. The van der Waals surface area contributed by atoms with E-state index in [1.807, 2.05) is 6.92 Å². The van der Waals surface area contributed by atoms with Crippen LogP contribution in [0, 0.1) is 19.7 Å². The molecule has 0 aliphatic carbocycles. The molecule has 9 heteroatoms. The predicted molar refractivity (Wildman–Crippen MR) is 96.9 cm³/mol. The van der Waals surface area contributed by atoms with Crippen molar-refractivity contribution in [3.63, 3.8) is 0 Å². The van der Waals surface area contributed by atoms with Crippen molar-refractivity contribution in [1.82, 2.24) is 10.1 Å². The largest absolute Gasteiger partial charge is 0.452 e.